The Kier molecular flexibility index (Phi) is 3.88. The van der Waals surface area contributed by atoms with Gasteiger partial charge in [-0.15, -0.1) is 0 Å². The van der Waals surface area contributed by atoms with Crippen LogP contribution in [0.25, 0.3) is 0 Å². The van der Waals surface area contributed by atoms with E-state index in [4.69, 9.17) is 0 Å². The van der Waals surface area contributed by atoms with Gasteiger partial charge in [-0.05, 0) is 38.3 Å². The zero-order valence-corrected chi connectivity index (χ0v) is 11.8. The molecule has 1 N–H and O–H groups in total. The SMILES string of the molecule is O=C(c1cccc([N+](=O)[O-])c1)N(CC1CCCN1)C1CC1. The van der Waals surface area contributed by atoms with Crippen molar-refractivity contribution in [3.63, 3.8) is 0 Å². The van der Waals surface area contributed by atoms with Crippen LogP contribution in [0.1, 0.15) is 36.0 Å². The first kappa shape index (κ1) is 14.0. The molecule has 0 radical (unpaired) electrons. The summed E-state index contributed by atoms with van der Waals surface area (Å²) in [6, 6.07) is 6.68. The fourth-order valence-electron chi connectivity index (χ4n) is 2.85. The van der Waals surface area contributed by atoms with E-state index in [-0.39, 0.29) is 11.6 Å². The predicted octanol–water partition coefficient (Wildman–Crippen LogP) is 1.95. The molecule has 1 aliphatic heterocycles. The number of nitrogens with zero attached hydrogens (tertiary/aromatic N) is 2. The van der Waals surface area contributed by atoms with Gasteiger partial charge in [0.15, 0.2) is 0 Å². The number of benzene rings is 1. The van der Waals surface area contributed by atoms with E-state index in [1.54, 1.807) is 12.1 Å². The van der Waals surface area contributed by atoms with Crippen LogP contribution in [0.5, 0.6) is 0 Å². The van der Waals surface area contributed by atoms with Crippen LogP contribution < -0.4 is 5.32 Å². The summed E-state index contributed by atoms with van der Waals surface area (Å²) in [5.41, 5.74) is 0.379. The molecule has 2 fully saturated rings. The van der Waals surface area contributed by atoms with Crippen molar-refractivity contribution in [2.24, 2.45) is 0 Å². The highest BCUT2D eigenvalue weighted by molar-refractivity contribution is 5.95. The van der Waals surface area contributed by atoms with E-state index in [0.29, 0.717) is 24.2 Å². The van der Waals surface area contributed by atoms with Crippen LogP contribution >= 0.6 is 0 Å². The molecule has 1 atom stereocenters. The maximum absolute atomic E-state index is 12.7. The third kappa shape index (κ3) is 3.21. The van der Waals surface area contributed by atoms with Gasteiger partial charge in [-0.2, -0.15) is 0 Å². The maximum atomic E-state index is 12.7. The maximum Gasteiger partial charge on any atom is 0.270 e. The lowest BCUT2D eigenvalue weighted by Gasteiger charge is -2.26. The van der Waals surface area contributed by atoms with E-state index in [9.17, 15) is 14.9 Å². The first-order valence-corrected chi connectivity index (χ1v) is 7.44. The number of nitro groups is 1. The Morgan fingerprint density at radius 3 is 2.81 bits per heavy atom. The van der Waals surface area contributed by atoms with Crippen molar-refractivity contribution in [3.05, 3.63) is 39.9 Å². The molecule has 6 heteroatoms. The van der Waals surface area contributed by atoms with Crippen LogP contribution in [0.4, 0.5) is 5.69 Å². The van der Waals surface area contributed by atoms with Crippen molar-refractivity contribution in [3.8, 4) is 0 Å². The Hall–Kier alpha value is -1.95. The summed E-state index contributed by atoms with van der Waals surface area (Å²) in [4.78, 5) is 24.9. The monoisotopic (exact) mass is 289 g/mol. The number of hydrogen-bond acceptors (Lipinski definition) is 4. The summed E-state index contributed by atoms with van der Waals surface area (Å²) < 4.78 is 0. The summed E-state index contributed by atoms with van der Waals surface area (Å²) in [7, 11) is 0. The van der Waals surface area contributed by atoms with Gasteiger partial charge in [0.25, 0.3) is 11.6 Å². The lowest BCUT2D eigenvalue weighted by molar-refractivity contribution is -0.384. The fraction of sp³-hybridized carbons (Fsp3) is 0.533. The molecule has 1 heterocycles. The smallest absolute Gasteiger partial charge is 0.270 e. The van der Waals surface area contributed by atoms with E-state index in [1.165, 1.54) is 12.1 Å². The highest BCUT2D eigenvalue weighted by Crippen LogP contribution is 2.29. The van der Waals surface area contributed by atoms with Gasteiger partial charge in [-0.25, -0.2) is 0 Å². The summed E-state index contributed by atoms with van der Waals surface area (Å²) in [6.07, 6.45) is 4.31. The van der Waals surface area contributed by atoms with Crippen molar-refractivity contribution in [1.29, 1.82) is 0 Å². The van der Waals surface area contributed by atoms with E-state index >= 15 is 0 Å². The van der Waals surface area contributed by atoms with Crippen LogP contribution in [0.2, 0.25) is 0 Å². The molecule has 1 saturated heterocycles. The number of nitrogens with one attached hydrogen (secondary N) is 1. The van der Waals surface area contributed by atoms with E-state index in [0.717, 1.165) is 32.2 Å². The Labute approximate surface area is 123 Å². The third-order valence-electron chi connectivity index (χ3n) is 4.13. The number of nitro benzene ring substituents is 1. The minimum atomic E-state index is -0.462. The molecule has 1 saturated carbocycles. The van der Waals surface area contributed by atoms with Gasteiger partial charge in [0.2, 0.25) is 0 Å². The first-order valence-electron chi connectivity index (χ1n) is 7.44. The van der Waals surface area contributed by atoms with Crippen molar-refractivity contribution in [2.75, 3.05) is 13.1 Å². The Bertz CT molecular complexity index is 551. The number of amides is 1. The first-order chi connectivity index (χ1) is 10.1. The average molecular weight is 289 g/mol. The van der Waals surface area contributed by atoms with Gasteiger partial charge in [-0.1, -0.05) is 6.07 Å². The Morgan fingerprint density at radius 1 is 1.38 bits per heavy atom. The van der Waals surface area contributed by atoms with E-state index in [2.05, 4.69) is 5.32 Å². The summed E-state index contributed by atoms with van der Waals surface area (Å²) >= 11 is 0. The van der Waals surface area contributed by atoms with Crippen molar-refractivity contribution < 1.29 is 9.72 Å². The second kappa shape index (κ2) is 5.81. The summed E-state index contributed by atoms with van der Waals surface area (Å²) in [5.74, 6) is -0.0881. The second-order valence-electron chi connectivity index (χ2n) is 5.79. The highest BCUT2D eigenvalue weighted by Gasteiger charge is 2.35. The van der Waals surface area contributed by atoms with Gasteiger partial charge in [0.1, 0.15) is 0 Å². The van der Waals surface area contributed by atoms with E-state index < -0.39 is 4.92 Å². The third-order valence-corrected chi connectivity index (χ3v) is 4.13. The molecular weight excluding hydrogens is 270 g/mol. The number of non-ortho nitro benzene ring substituents is 1. The molecule has 0 spiro atoms. The largest absolute Gasteiger partial charge is 0.334 e. The molecule has 0 aromatic heterocycles. The van der Waals surface area contributed by atoms with Crippen molar-refractivity contribution in [2.45, 2.75) is 37.8 Å². The topological polar surface area (TPSA) is 75.5 Å². The lowest BCUT2D eigenvalue weighted by atomic mass is 10.1. The second-order valence-corrected chi connectivity index (χ2v) is 5.79. The predicted molar refractivity (Wildman–Crippen MR) is 78.2 cm³/mol. The van der Waals surface area contributed by atoms with Crippen LogP contribution in [0, 0.1) is 10.1 Å². The normalized spacial score (nSPS) is 21.2. The number of hydrogen-bond donors (Lipinski definition) is 1. The van der Waals surface area contributed by atoms with Crippen LogP contribution in [-0.4, -0.2) is 40.9 Å². The van der Waals surface area contributed by atoms with Gasteiger partial charge < -0.3 is 10.2 Å². The zero-order valence-electron chi connectivity index (χ0n) is 11.8. The van der Waals surface area contributed by atoms with Crippen molar-refractivity contribution in [1.82, 2.24) is 10.2 Å². The zero-order chi connectivity index (χ0) is 14.8. The molecule has 1 amide bonds. The number of rotatable bonds is 5. The van der Waals surface area contributed by atoms with Gasteiger partial charge in [-0.3, -0.25) is 14.9 Å². The molecule has 1 aromatic rings. The fourth-order valence-corrected chi connectivity index (χ4v) is 2.85. The summed E-state index contributed by atoms with van der Waals surface area (Å²) in [5, 5.41) is 14.2. The molecule has 1 aliphatic carbocycles. The molecule has 0 bridgehead atoms. The molecule has 1 unspecified atom stereocenters. The molecular formula is C15H19N3O3. The molecule has 21 heavy (non-hydrogen) atoms. The molecule has 112 valence electrons. The number of carbonyl (C=O) groups is 1. The Morgan fingerprint density at radius 2 is 2.19 bits per heavy atom. The summed E-state index contributed by atoms with van der Waals surface area (Å²) in [6.45, 7) is 1.71. The minimum Gasteiger partial charge on any atom is -0.334 e. The van der Waals surface area contributed by atoms with Crippen molar-refractivity contribution >= 4 is 11.6 Å². The quantitative estimate of drug-likeness (QED) is 0.664. The molecule has 3 rings (SSSR count). The Balaban J connectivity index is 1.77. The standard InChI is InChI=1S/C15H19N3O3/c19-15(11-3-1-5-14(9-11)18(20)21)17(13-6-7-13)10-12-4-2-8-16-12/h1,3,5,9,12-13,16H,2,4,6-8,10H2. The van der Waals surface area contributed by atoms with Gasteiger partial charge in [0, 0.05) is 36.3 Å². The van der Waals surface area contributed by atoms with Crippen LogP contribution in [0.3, 0.4) is 0 Å². The average Bonchev–Trinajstić information content (AvgIpc) is 3.20. The lowest BCUT2D eigenvalue weighted by Crippen LogP contribution is -2.42. The van der Waals surface area contributed by atoms with Crippen LogP contribution in [-0.2, 0) is 0 Å². The van der Waals surface area contributed by atoms with Gasteiger partial charge >= 0.3 is 0 Å². The van der Waals surface area contributed by atoms with Crippen LogP contribution in [0.15, 0.2) is 24.3 Å². The van der Waals surface area contributed by atoms with Gasteiger partial charge in [0.05, 0.1) is 4.92 Å². The van der Waals surface area contributed by atoms with E-state index in [1.807, 2.05) is 4.90 Å². The minimum absolute atomic E-state index is 0.0319. The number of carbonyl (C=O) groups excluding carboxylic acids is 1. The highest BCUT2D eigenvalue weighted by atomic mass is 16.6. The molecule has 6 nitrogen and oxygen atoms in total. The molecule has 2 aliphatic rings. The molecule has 1 aromatic carbocycles.